The van der Waals surface area contributed by atoms with Gasteiger partial charge in [-0.1, -0.05) is 60.7 Å². The Morgan fingerprint density at radius 1 is 0.852 bits per heavy atom. The van der Waals surface area contributed by atoms with Gasteiger partial charge in [0.1, 0.15) is 0 Å². The van der Waals surface area contributed by atoms with Crippen molar-refractivity contribution < 1.29 is 4.79 Å². The summed E-state index contributed by atoms with van der Waals surface area (Å²) >= 11 is 0. The first kappa shape index (κ1) is 18.2. The summed E-state index contributed by atoms with van der Waals surface area (Å²) in [6.45, 7) is 5.83. The fourth-order valence-electron chi connectivity index (χ4n) is 3.98. The van der Waals surface area contributed by atoms with Gasteiger partial charge in [0.05, 0.1) is 12.1 Å². The molecule has 27 heavy (non-hydrogen) atoms. The van der Waals surface area contributed by atoms with Crippen LogP contribution in [-0.2, 0) is 4.79 Å². The lowest BCUT2D eigenvalue weighted by molar-refractivity contribution is -0.126. The number of piperazine rings is 1. The van der Waals surface area contributed by atoms with Crippen LogP contribution in [0, 0.1) is 0 Å². The number of nitrogens with one attached hydrogen (secondary N) is 1. The van der Waals surface area contributed by atoms with Crippen molar-refractivity contribution in [2.45, 2.75) is 37.9 Å². The van der Waals surface area contributed by atoms with Gasteiger partial charge in [-0.05, 0) is 30.9 Å². The maximum atomic E-state index is 12.4. The van der Waals surface area contributed by atoms with E-state index in [0.717, 1.165) is 39.0 Å². The third-order valence-corrected chi connectivity index (χ3v) is 5.80. The Bertz CT molecular complexity index is 697. The summed E-state index contributed by atoms with van der Waals surface area (Å²) in [7, 11) is 0. The van der Waals surface area contributed by atoms with E-state index in [0.29, 0.717) is 6.04 Å². The molecule has 0 spiro atoms. The molecule has 1 amide bonds. The molecule has 1 N–H and O–H groups in total. The van der Waals surface area contributed by atoms with Crippen molar-refractivity contribution in [2.75, 3.05) is 26.2 Å². The van der Waals surface area contributed by atoms with Crippen LogP contribution in [0.5, 0.6) is 0 Å². The summed E-state index contributed by atoms with van der Waals surface area (Å²) in [6.07, 6.45) is 2.28. The Balaban J connectivity index is 1.45. The van der Waals surface area contributed by atoms with Crippen molar-refractivity contribution in [1.29, 1.82) is 0 Å². The lowest BCUT2D eigenvalue weighted by Crippen LogP contribution is -2.54. The van der Waals surface area contributed by atoms with Crippen molar-refractivity contribution >= 4 is 5.91 Å². The van der Waals surface area contributed by atoms with Crippen molar-refractivity contribution in [3.05, 3.63) is 71.8 Å². The van der Waals surface area contributed by atoms with Crippen LogP contribution >= 0.6 is 0 Å². The fraction of sp³-hybridized carbons (Fsp3) is 0.435. The van der Waals surface area contributed by atoms with Gasteiger partial charge < -0.3 is 5.32 Å². The zero-order valence-corrected chi connectivity index (χ0v) is 16.1. The van der Waals surface area contributed by atoms with E-state index in [-0.39, 0.29) is 18.0 Å². The molecule has 4 nitrogen and oxygen atoms in total. The summed E-state index contributed by atoms with van der Waals surface area (Å²) in [5.41, 5.74) is 2.66. The van der Waals surface area contributed by atoms with E-state index in [1.807, 2.05) is 6.92 Å². The molecule has 1 saturated carbocycles. The monoisotopic (exact) mass is 363 g/mol. The molecule has 4 heteroatoms. The summed E-state index contributed by atoms with van der Waals surface area (Å²) < 4.78 is 0. The minimum Gasteiger partial charge on any atom is -0.352 e. The summed E-state index contributed by atoms with van der Waals surface area (Å²) in [6, 6.07) is 22.1. The van der Waals surface area contributed by atoms with Gasteiger partial charge >= 0.3 is 0 Å². The van der Waals surface area contributed by atoms with Crippen molar-refractivity contribution in [3.8, 4) is 0 Å². The molecule has 1 aliphatic carbocycles. The second-order valence-corrected chi connectivity index (χ2v) is 7.75. The molecule has 0 aromatic heterocycles. The third kappa shape index (κ3) is 4.40. The van der Waals surface area contributed by atoms with E-state index >= 15 is 0 Å². The maximum Gasteiger partial charge on any atom is 0.237 e. The van der Waals surface area contributed by atoms with Crippen molar-refractivity contribution in [3.63, 3.8) is 0 Å². The second kappa shape index (κ2) is 8.24. The predicted molar refractivity (Wildman–Crippen MR) is 108 cm³/mol. The molecule has 2 aliphatic rings. The van der Waals surface area contributed by atoms with Gasteiger partial charge in [-0.25, -0.2) is 0 Å². The van der Waals surface area contributed by atoms with E-state index in [1.165, 1.54) is 11.1 Å². The fourth-order valence-corrected chi connectivity index (χ4v) is 3.98. The highest BCUT2D eigenvalue weighted by Crippen LogP contribution is 2.29. The quantitative estimate of drug-likeness (QED) is 0.857. The summed E-state index contributed by atoms with van der Waals surface area (Å²) in [5.74, 6) is 0.189. The molecule has 1 heterocycles. The van der Waals surface area contributed by atoms with Crippen LogP contribution in [0.1, 0.15) is 36.9 Å². The Morgan fingerprint density at radius 2 is 1.33 bits per heavy atom. The van der Waals surface area contributed by atoms with Crippen LogP contribution in [0.25, 0.3) is 0 Å². The maximum absolute atomic E-state index is 12.4. The molecule has 142 valence electrons. The highest BCUT2D eigenvalue weighted by atomic mass is 16.2. The Labute approximate surface area is 162 Å². The van der Waals surface area contributed by atoms with Gasteiger partial charge in [0.15, 0.2) is 0 Å². The molecule has 2 aromatic carbocycles. The SMILES string of the molecule is C[C@@H](C(=O)NC1CC1)N1CCN(C(c2ccccc2)c2ccccc2)CC1. The molecular formula is C23H29N3O. The second-order valence-electron chi connectivity index (χ2n) is 7.75. The van der Waals surface area contributed by atoms with E-state index in [9.17, 15) is 4.79 Å². The number of hydrogen-bond donors (Lipinski definition) is 1. The van der Waals surface area contributed by atoms with Crippen LogP contribution < -0.4 is 5.32 Å². The average molecular weight is 364 g/mol. The average Bonchev–Trinajstić information content (AvgIpc) is 3.54. The summed E-state index contributed by atoms with van der Waals surface area (Å²) in [4.78, 5) is 17.3. The van der Waals surface area contributed by atoms with Gasteiger partial charge in [-0.15, -0.1) is 0 Å². The lowest BCUT2D eigenvalue weighted by Gasteiger charge is -2.41. The van der Waals surface area contributed by atoms with Gasteiger partial charge in [0, 0.05) is 32.2 Å². The molecule has 1 saturated heterocycles. The minimum absolute atomic E-state index is 0.0420. The molecule has 2 aromatic rings. The van der Waals surface area contributed by atoms with Gasteiger partial charge in [-0.2, -0.15) is 0 Å². The third-order valence-electron chi connectivity index (χ3n) is 5.80. The van der Waals surface area contributed by atoms with Crippen molar-refractivity contribution in [2.24, 2.45) is 0 Å². The lowest BCUT2D eigenvalue weighted by atomic mass is 9.96. The molecule has 0 unspecified atom stereocenters. The van der Waals surface area contributed by atoms with E-state index in [2.05, 4.69) is 75.8 Å². The molecule has 1 atom stereocenters. The minimum atomic E-state index is -0.0420. The number of rotatable bonds is 6. The molecule has 2 fully saturated rings. The van der Waals surface area contributed by atoms with Crippen LogP contribution in [-0.4, -0.2) is 54.0 Å². The highest BCUT2D eigenvalue weighted by molar-refractivity contribution is 5.81. The normalized spacial score (nSPS) is 19.8. The largest absolute Gasteiger partial charge is 0.352 e. The van der Waals surface area contributed by atoms with E-state index in [1.54, 1.807) is 0 Å². The highest BCUT2D eigenvalue weighted by Gasteiger charge is 2.32. The standard InChI is InChI=1S/C23H29N3O/c1-18(23(27)24-21-12-13-21)25-14-16-26(17-15-25)22(19-8-4-2-5-9-19)20-10-6-3-7-11-20/h2-11,18,21-22H,12-17H2,1H3,(H,24,27)/t18-/m0/s1. The molecule has 0 bridgehead atoms. The zero-order valence-electron chi connectivity index (χ0n) is 16.1. The Hall–Kier alpha value is -2.17. The number of nitrogens with zero attached hydrogens (tertiary/aromatic N) is 2. The molecule has 4 rings (SSSR count). The van der Waals surface area contributed by atoms with Crippen LogP contribution in [0.4, 0.5) is 0 Å². The van der Waals surface area contributed by atoms with Crippen LogP contribution in [0.2, 0.25) is 0 Å². The number of amides is 1. The number of carbonyl (C=O) groups is 1. The number of carbonyl (C=O) groups excluding carboxylic acids is 1. The molecule has 1 aliphatic heterocycles. The molecule has 0 radical (unpaired) electrons. The summed E-state index contributed by atoms with van der Waals surface area (Å²) in [5, 5.41) is 3.14. The number of hydrogen-bond acceptors (Lipinski definition) is 3. The van der Waals surface area contributed by atoms with E-state index < -0.39 is 0 Å². The topological polar surface area (TPSA) is 35.6 Å². The first-order valence-corrected chi connectivity index (χ1v) is 10.1. The smallest absolute Gasteiger partial charge is 0.237 e. The predicted octanol–water partition coefficient (Wildman–Crippen LogP) is 3.06. The number of benzene rings is 2. The Kier molecular flexibility index (Phi) is 5.55. The Morgan fingerprint density at radius 3 is 1.81 bits per heavy atom. The van der Waals surface area contributed by atoms with Gasteiger partial charge in [0.25, 0.3) is 0 Å². The first-order valence-electron chi connectivity index (χ1n) is 10.1. The van der Waals surface area contributed by atoms with Crippen LogP contribution in [0.15, 0.2) is 60.7 Å². The first-order chi connectivity index (χ1) is 13.2. The zero-order chi connectivity index (χ0) is 18.6. The molecular weight excluding hydrogens is 334 g/mol. The van der Waals surface area contributed by atoms with Crippen LogP contribution in [0.3, 0.4) is 0 Å². The van der Waals surface area contributed by atoms with Gasteiger partial charge in [0.2, 0.25) is 5.91 Å². The van der Waals surface area contributed by atoms with Crippen molar-refractivity contribution in [1.82, 2.24) is 15.1 Å². The van der Waals surface area contributed by atoms with Gasteiger partial charge in [-0.3, -0.25) is 14.6 Å². The van der Waals surface area contributed by atoms with E-state index in [4.69, 9.17) is 0 Å².